The Hall–Kier alpha value is -1.78. The van der Waals surface area contributed by atoms with E-state index >= 15 is 0 Å². The number of hydrogen-bond donors (Lipinski definition) is 0. The Morgan fingerprint density at radius 2 is 1.67 bits per heavy atom. The number of rotatable bonds is 5. The molecule has 118 valence electrons. The van der Waals surface area contributed by atoms with Gasteiger partial charge in [-0.15, -0.1) is 0 Å². The molecule has 0 radical (unpaired) electrons. The largest absolute Gasteiger partial charge is 0.466 e. The third kappa shape index (κ3) is 4.92. The number of carbonyl (C=O) groups is 2. The molecule has 1 rings (SSSR count). The first-order chi connectivity index (χ1) is 10.0. The summed E-state index contributed by atoms with van der Waals surface area (Å²) in [7, 11) is 4.62. The highest BCUT2D eigenvalue weighted by molar-refractivity contribution is 5.94. The molecular weight excluding hydrogens is 270 g/mol. The topological polar surface area (TPSA) is 55.8 Å². The van der Waals surface area contributed by atoms with Crippen LogP contribution in [0, 0.1) is 0 Å². The zero-order chi connectivity index (χ0) is 15.8. The van der Waals surface area contributed by atoms with Crippen LogP contribution in [0.5, 0.6) is 0 Å². The highest BCUT2D eigenvalue weighted by atomic mass is 16.5. The van der Waals surface area contributed by atoms with Crippen molar-refractivity contribution in [1.82, 2.24) is 4.90 Å². The predicted molar refractivity (Wildman–Crippen MR) is 80.5 cm³/mol. The van der Waals surface area contributed by atoms with Crippen LogP contribution < -0.4 is 0 Å². The Balaban J connectivity index is 2.98. The van der Waals surface area contributed by atoms with Crippen molar-refractivity contribution in [2.75, 3.05) is 21.3 Å². The first-order valence-corrected chi connectivity index (χ1v) is 7.29. The Bertz CT molecular complexity index is 434. The van der Waals surface area contributed by atoms with Crippen LogP contribution >= 0.6 is 0 Å². The number of nitrogens with zero attached hydrogens (tertiary/aromatic N) is 1. The van der Waals surface area contributed by atoms with Crippen molar-refractivity contribution in [1.29, 1.82) is 0 Å². The molecule has 0 aromatic rings. The predicted octanol–water partition coefficient (Wildman–Crippen LogP) is 2.43. The van der Waals surface area contributed by atoms with Gasteiger partial charge >= 0.3 is 11.9 Å². The van der Waals surface area contributed by atoms with Gasteiger partial charge in [-0.05, 0) is 25.8 Å². The van der Waals surface area contributed by atoms with E-state index in [4.69, 9.17) is 4.74 Å². The van der Waals surface area contributed by atoms with Crippen LogP contribution in [0.15, 0.2) is 23.4 Å². The fourth-order valence-electron chi connectivity index (χ4n) is 2.60. The summed E-state index contributed by atoms with van der Waals surface area (Å²) in [5, 5.41) is 0. The van der Waals surface area contributed by atoms with Gasteiger partial charge in [-0.1, -0.05) is 19.3 Å². The number of methoxy groups -OCH3 is 2. The first-order valence-electron chi connectivity index (χ1n) is 7.29. The van der Waals surface area contributed by atoms with Gasteiger partial charge in [0.15, 0.2) is 0 Å². The minimum atomic E-state index is -0.496. The lowest BCUT2D eigenvalue weighted by Gasteiger charge is -2.34. The maximum Gasteiger partial charge on any atom is 0.339 e. The molecule has 1 fully saturated rings. The maximum atomic E-state index is 11.9. The number of allylic oxidation sites excluding steroid dienone is 1. The maximum absolute atomic E-state index is 11.9. The van der Waals surface area contributed by atoms with Gasteiger partial charge in [0.25, 0.3) is 0 Å². The van der Waals surface area contributed by atoms with Crippen LogP contribution in [0.4, 0.5) is 0 Å². The van der Waals surface area contributed by atoms with Gasteiger partial charge < -0.3 is 14.4 Å². The van der Waals surface area contributed by atoms with Gasteiger partial charge in [-0.25, -0.2) is 9.59 Å². The second kappa shape index (κ2) is 8.49. The van der Waals surface area contributed by atoms with Crippen LogP contribution in [0.25, 0.3) is 0 Å². The van der Waals surface area contributed by atoms with Crippen LogP contribution in [0.2, 0.25) is 0 Å². The van der Waals surface area contributed by atoms with Crippen molar-refractivity contribution in [3.63, 3.8) is 0 Å². The smallest absolute Gasteiger partial charge is 0.339 e. The Kier molecular flexibility index (Phi) is 6.99. The standard InChI is InChI=1S/C16H25NO4/c1-12(17(2)13-8-6-5-7-9-13)14(16(19)21-4)10-11-15(18)20-3/h10-11,13H,5-9H2,1-4H3/b11-10+,14-12+. The fraction of sp³-hybridized carbons (Fsp3) is 0.625. The van der Waals surface area contributed by atoms with Gasteiger partial charge in [0.05, 0.1) is 19.8 Å². The number of hydrogen-bond acceptors (Lipinski definition) is 5. The molecule has 21 heavy (non-hydrogen) atoms. The Morgan fingerprint density at radius 1 is 1.05 bits per heavy atom. The summed E-state index contributed by atoms with van der Waals surface area (Å²) >= 11 is 0. The second-order valence-corrected chi connectivity index (χ2v) is 5.25. The highest BCUT2D eigenvalue weighted by Crippen LogP contribution is 2.25. The normalized spacial score (nSPS) is 17.3. The lowest BCUT2D eigenvalue weighted by molar-refractivity contribution is -0.135. The first kappa shape index (κ1) is 17.3. The molecule has 0 heterocycles. The van der Waals surface area contributed by atoms with E-state index < -0.39 is 11.9 Å². The third-order valence-electron chi connectivity index (χ3n) is 4.03. The zero-order valence-corrected chi connectivity index (χ0v) is 13.3. The summed E-state index contributed by atoms with van der Waals surface area (Å²) in [6.07, 6.45) is 8.67. The molecule has 1 saturated carbocycles. The molecule has 5 heteroatoms. The van der Waals surface area contributed by atoms with Crippen LogP contribution in [0.3, 0.4) is 0 Å². The average molecular weight is 295 g/mol. The molecule has 0 aromatic carbocycles. The second-order valence-electron chi connectivity index (χ2n) is 5.25. The molecule has 1 aliphatic rings. The van der Waals surface area contributed by atoms with Crippen molar-refractivity contribution >= 4 is 11.9 Å². The van der Waals surface area contributed by atoms with E-state index in [1.165, 1.54) is 45.6 Å². The van der Waals surface area contributed by atoms with E-state index in [1.807, 2.05) is 14.0 Å². The summed E-state index contributed by atoms with van der Waals surface area (Å²) in [5.41, 5.74) is 1.20. The van der Waals surface area contributed by atoms with Crippen LogP contribution in [-0.4, -0.2) is 44.1 Å². The van der Waals surface area contributed by atoms with Gasteiger partial charge in [-0.2, -0.15) is 0 Å². The molecular formula is C16H25NO4. The monoisotopic (exact) mass is 295 g/mol. The molecule has 0 unspecified atom stereocenters. The summed E-state index contributed by atoms with van der Waals surface area (Å²) < 4.78 is 9.37. The van der Waals surface area contributed by atoms with Crippen LogP contribution in [-0.2, 0) is 19.1 Å². The number of carbonyl (C=O) groups excluding carboxylic acids is 2. The van der Waals surface area contributed by atoms with E-state index in [2.05, 4.69) is 9.64 Å². The zero-order valence-electron chi connectivity index (χ0n) is 13.3. The molecule has 5 nitrogen and oxygen atoms in total. The molecule has 0 amide bonds. The third-order valence-corrected chi connectivity index (χ3v) is 4.03. The molecule has 0 bridgehead atoms. The Labute approximate surface area is 126 Å². The molecule has 0 N–H and O–H groups in total. The lowest BCUT2D eigenvalue weighted by atomic mass is 9.94. The van der Waals surface area contributed by atoms with E-state index in [0.717, 1.165) is 18.5 Å². The highest BCUT2D eigenvalue weighted by Gasteiger charge is 2.21. The van der Waals surface area contributed by atoms with Crippen molar-refractivity contribution in [3.8, 4) is 0 Å². The SMILES string of the molecule is COC(=O)/C=C/C(C(=O)OC)=C(/C)N(C)C1CCCCC1. The molecule has 0 spiro atoms. The van der Waals surface area contributed by atoms with Crippen LogP contribution in [0.1, 0.15) is 39.0 Å². The summed E-state index contributed by atoms with van der Waals surface area (Å²) in [4.78, 5) is 25.3. The van der Waals surface area contributed by atoms with E-state index in [1.54, 1.807) is 0 Å². The van der Waals surface area contributed by atoms with Gasteiger partial charge in [0, 0.05) is 24.9 Å². The molecule has 0 saturated heterocycles. The number of esters is 2. The Morgan fingerprint density at radius 3 is 2.19 bits per heavy atom. The average Bonchev–Trinajstić information content (AvgIpc) is 2.54. The minimum absolute atomic E-state index is 0.385. The van der Waals surface area contributed by atoms with Crippen molar-refractivity contribution in [3.05, 3.63) is 23.4 Å². The molecule has 1 aliphatic carbocycles. The van der Waals surface area contributed by atoms with Crippen molar-refractivity contribution in [2.45, 2.75) is 45.1 Å². The van der Waals surface area contributed by atoms with Crippen molar-refractivity contribution < 1.29 is 19.1 Å². The van der Waals surface area contributed by atoms with E-state index in [0.29, 0.717) is 11.6 Å². The van der Waals surface area contributed by atoms with Crippen molar-refractivity contribution in [2.24, 2.45) is 0 Å². The molecule has 0 aliphatic heterocycles. The quantitative estimate of drug-likeness (QED) is 0.443. The summed E-state index contributed by atoms with van der Waals surface area (Å²) in [6, 6.07) is 0.435. The molecule has 0 aromatic heterocycles. The summed E-state index contributed by atoms with van der Waals surface area (Å²) in [6.45, 7) is 1.88. The van der Waals surface area contributed by atoms with E-state index in [-0.39, 0.29) is 0 Å². The minimum Gasteiger partial charge on any atom is -0.466 e. The van der Waals surface area contributed by atoms with Gasteiger partial charge in [-0.3, -0.25) is 0 Å². The lowest BCUT2D eigenvalue weighted by Crippen LogP contribution is -2.33. The van der Waals surface area contributed by atoms with Gasteiger partial charge in [0.2, 0.25) is 0 Å². The van der Waals surface area contributed by atoms with E-state index in [9.17, 15) is 9.59 Å². The fourth-order valence-corrected chi connectivity index (χ4v) is 2.60. The van der Waals surface area contributed by atoms with Gasteiger partial charge in [0.1, 0.15) is 0 Å². The number of ether oxygens (including phenoxy) is 2. The summed E-state index contributed by atoms with van der Waals surface area (Å²) in [5.74, 6) is -0.945. The molecule has 0 atom stereocenters.